The molecule has 2 saturated carbocycles. The van der Waals surface area contributed by atoms with Crippen molar-refractivity contribution >= 4 is 99.4 Å². The van der Waals surface area contributed by atoms with Crippen LogP contribution in [0.1, 0.15) is 193 Å². The number of ether oxygens (including phenoxy) is 2. The minimum Gasteiger partial charge on any atom is -0.490 e. The second kappa shape index (κ2) is 31.5. The van der Waals surface area contributed by atoms with Crippen molar-refractivity contribution in [3.05, 3.63) is 192 Å². The van der Waals surface area contributed by atoms with Crippen LogP contribution in [-0.2, 0) is 45.4 Å². The summed E-state index contributed by atoms with van der Waals surface area (Å²) in [5.74, 6) is -3.50. The first kappa shape index (κ1) is 73.4. The van der Waals surface area contributed by atoms with Crippen LogP contribution < -0.4 is 41.0 Å². The smallest absolute Gasteiger partial charge is 0.335 e. The van der Waals surface area contributed by atoms with Crippen molar-refractivity contribution in [1.29, 1.82) is 5.26 Å². The molecule has 0 bridgehead atoms. The number of carbonyl (C=O) groups is 10. The number of halogens is 2. The second-order valence-electron chi connectivity index (χ2n) is 29.1. The molecule has 6 aromatic rings. The van der Waals surface area contributed by atoms with Crippen molar-refractivity contribution in [3.63, 3.8) is 0 Å². The number of imide groups is 4. The van der Waals surface area contributed by atoms with E-state index in [1.807, 2.05) is 54.6 Å². The van der Waals surface area contributed by atoms with Gasteiger partial charge in [-0.05, 0) is 209 Å². The molecule has 2 unspecified atom stereocenters. The van der Waals surface area contributed by atoms with Gasteiger partial charge in [-0.15, -0.1) is 0 Å². The molecule has 2 atom stereocenters. The first-order chi connectivity index (χ1) is 51.6. The van der Waals surface area contributed by atoms with Crippen LogP contribution in [0.2, 0.25) is 10.0 Å². The number of carboxylic acid groups (broad SMARTS) is 1. The van der Waals surface area contributed by atoms with E-state index in [0.717, 1.165) is 152 Å². The Bertz CT molecular complexity index is 4570. The lowest BCUT2D eigenvalue weighted by Crippen LogP contribution is -2.54. The third-order valence-corrected chi connectivity index (χ3v) is 23.0. The van der Waals surface area contributed by atoms with Crippen LogP contribution in [0, 0.1) is 17.9 Å². The molecule has 27 heteroatoms. The second-order valence-corrected chi connectivity index (χ2v) is 29.9. The van der Waals surface area contributed by atoms with E-state index in [9.17, 15) is 47.9 Å². The van der Waals surface area contributed by atoms with Crippen LogP contribution in [0.3, 0.4) is 0 Å². The van der Waals surface area contributed by atoms with Crippen molar-refractivity contribution in [2.24, 2.45) is 5.73 Å². The predicted molar refractivity (Wildman–Crippen MR) is 394 cm³/mol. The molecule has 10 aliphatic rings. The highest BCUT2D eigenvalue weighted by Gasteiger charge is 2.48. The van der Waals surface area contributed by atoms with E-state index in [1.54, 1.807) is 60.7 Å². The lowest BCUT2D eigenvalue weighted by atomic mass is 9.92. The van der Waals surface area contributed by atoms with Crippen molar-refractivity contribution in [2.45, 2.75) is 177 Å². The largest absolute Gasteiger partial charge is 0.490 e. The van der Waals surface area contributed by atoms with Gasteiger partial charge in [0.25, 0.3) is 29.5 Å². The zero-order chi connectivity index (χ0) is 74.9. The number of nitriles is 1. The molecule has 6 aromatic carbocycles. The van der Waals surface area contributed by atoms with Crippen LogP contribution in [0.15, 0.2) is 109 Å². The van der Waals surface area contributed by atoms with Crippen LogP contribution >= 0.6 is 23.2 Å². The molecule has 8 aliphatic heterocycles. The van der Waals surface area contributed by atoms with E-state index in [0.29, 0.717) is 99.2 Å². The Labute approximate surface area is 628 Å². The number of nitrogens with one attached hydrogen (secondary N) is 3. The molecule has 25 nitrogen and oxygen atoms in total. The number of carbonyl (C=O) groups excluding carboxylic acids is 9. The van der Waals surface area contributed by atoms with E-state index in [-0.39, 0.29) is 61.3 Å². The fourth-order valence-corrected chi connectivity index (χ4v) is 16.8. The van der Waals surface area contributed by atoms with Crippen LogP contribution in [-0.4, -0.2) is 158 Å². The van der Waals surface area contributed by atoms with Crippen LogP contribution in [0.25, 0.3) is 4.85 Å². The fraction of sp³-hybridized carbons (Fsp3) is 0.400. The average Bonchev–Trinajstić information content (AvgIpc) is 1.58. The monoisotopic (exact) mass is 1490 g/mol. The highest BCUT2D eigenvalue weighted by Crippen LogP contribution is 2.40. The minimum absolute atomic E-state index is 0.0410. The summed E-state index contributed by atoms with van der Waals surface area (Å²) in [7, 11) is 0. The van der Waals surface area contributed by atoms with Gasteiger partial charge in [-0.3, -0.25) is 73.4 Å². The van der Waals surface area contributed by atoms with E-state index in [2.05, 4.69) is 40.4 Å². The molecule has 6 N–H and O–H groups in total. The fourth-order valence-electron chi connectivity index (χ4n) is 16.4. The summed E-state index contributed by atoms with van der Waals surface area (Å²) in [6, 6.07) is 33.6. The minimum atomic E-state index is -0.966. The summed E-state index contributed by atoms with van der Waals surface area (Å²) < 4.78 is 11.9. The highest BCUT2D eigenvalue weighted by atomic mass is 35.5. The molecule has 9 amide bonds. The number of carboxylic acids is 1. The lowest BCUT2D eigenvalue weighted by molar-refractivity contribution is -0.137. The first-order valence-electron chi connectivity index (χ1n) is 36.6. The Kier molecular flexibility index (Phi) is 21.6. The van der Waals surface area contributed by atoms with Crippen molar-refractivity contribution < 1.29 is 62.5 Å². The quantitative estimate of drug-likeness (QED) is 0.0530. The molecule has 16 rings (SSSR count). The molecular weight excluding hydrogens is 1410 g/mol. The molecule has 6 fully saturated rings. The Morgan fingerprint density at radius 2 is 0.925 bits per heavy atom. The molecule has 8 heterocycles. The predicted octanol–water partition coefficient (Wildman–Crippen LogP) is 10.0. The molecule has 0 aromatic heterocycles. The van der Waals surface area contributed by atoms with Gasteiger partial charge in [0.2, 0.25) is 29.3 Å². The van der Waals surface area contributed by atoms with Crippen LogP contribution in [0.4, 0.5) is 17.1 Å². The number of nitrogens with zero attached hydrogens (tertiary/aromatic N) is 8. The summed E-state index contributed by atoms with van der Waals surface area (Å²) in [6.45, 7) is 13.4. The van der Waals surface area contributed by atoms with Crippen molar-refractivity contribution in [2.75, 3.05) is 36.0 Å². The van der Waals surface area contributed by atoms with Crippen molar-refractivity contribution in [3.8, 4) is 17.6 Å². The summed E-state index contributed by atoms with van der Waals surface area (Å²) in [5, 5.41) is 26.4. The van der Waals surface area contributed by atoms with Gasteiger partial charge in [-0.2, -0.15) is 5.26 Å². The number of fused-ring (bicyclic) bond motifs is 4. The van der Waals surface area contributed by atoms with E-state index in [4.69, 9.17) is 55.3 Å². The third kappa shape index (κ3) is 15.8. The molecule has 0 spiro atoms. The molecular formula is C80H80Cl2N12O13. The molecule has 107 heavy (non-hydrogen) atoms. The summed E-state index contributed by atoms with van der Waals surface area (Å²) in [5.41, 5.74) is 15.2. The number of benzene rings is 6. The number of amides is 9. The van der Waals surface area contributed by atoms with Crippen molar-refractivity contribution in [1.82, 2.24) is 35.6 Å². The molecule has 0 radical (unpaired) electrons. The maximum atomic E-state index is 13.3. The topological polar surface area (TPSA) is 319 Å². The molecule has 2 aliphatic carbocycles. The van der Waals surface area contributed by atoms with E-state index in [1.165, 1.54) is 0 Å². The first-order valence-corrected chi connectivity index (χ1v) is 37.3. The van der Waals surface area contributed by atoms with E-state index >= 15 is 0 Å². The van der Waals surface area contributed by atoms with Gasteiger partial charge in [0.15, 0.2) is 0 Å². The maximum absolute atomic E-state index is 13.3. The van der Waals surface area contributed by atoms with E-state index < -0.39 is 59.4 Å². The summed E-state index contributed by atoms with van der Waals surface area (Å²) in [6.07, 6.45) is 11.8. The summed E-state index contributed by atoms with van der Waals surface area (Å²) >= 11 is 12.1. The molecule has 552 valence electrons. The highest BCUT2D eigenvalue weighted by molar-refractivity contribution is 6.33. The van der Waals surface area contributed by atoms with Gasteiger partial charge >= 0.3 is 5.97 Å². The number of rotatable bonds is 13. The Morgan fingerprint density at radius 1 is 0.523 bits per heavy atom. The standard InChI is InChI=1S/C40H39ClN6O6.C27H26N4O6.C13H15ClN2O/c1-42-34-11-10-30(20-33(34)41)53-29-8-4-26(5-9-29)43-37(49)23-2-6-27(7-3-23)45-16-14-28(15-17-45)46-21-24-18-31-32(19-25(24)22-46)40(52)47(39(31)51)35-12-13-36(48)44-38(35)50;32-23-6-5-22(24(33)28-23)31-25(34)20-11-16-13-30(14-17(16)12-21(20)26(31)35)19-7-9-29(10-8-19)18-3-1-15(2-4-18)27(36)37;14-13-7-12(4-1-9(13)8-15)17-11-5-2-10(16)3-6-11/h2-3,6-7,10-11,18-20,26,28-29,35H,4-5,8-9,12-17,21-22H2,(H,43,49)(H,44,48,50);1-4,11-12,19,22H,5-10,13-14H2,(H,36,37)(H,28,32,33);1,4,7,10-11H,2-3,5-6,16H2. The van der Waals surface area contributed by atoms with Crippen LogP contribution in [0.5, 0.6) is 11.5 Å². The number of aromatic carboxylic acids is 1. The van der Waals surface area contributed by atoms with Gasteiger partial charge in [-0.25, -0.2) is 9.64 Å². The number of hydrogen-bond donors (Lipinski definition) is 5. The Balaban J connectivity index is 0.000000153. The average molecular weight is 1490 g/mol. The number of nitrogens with two attached hydrogens (primary N) is 1. The van der Waals surface area contributed by atoms with Gasteiger partial charge in [0.1, 0.15) is 29.7 Å². The SMILES string of the molecule is N#Cc1ccc(OC2CCC(N)CC2)cc1Cl.O=C1CCC(N2C(=O)c3cc4c(cc3C2=O)CN(C2CCN(c3ccc(C(=O)O)cc3)CC2)C4)C(=O)N1.[C-]#[N+]c1ccc(OC2CCC(NC(=O)c3ccc(N4CCC(N5Cc6cc7c(cc6C5)C(=O)N(C5CCC(=O)NC5=O)C7=O)CC4)cc3)CC2)cc1Cl. The third-order valence-electron chi connectivity index (χ3n) is 22.4. The van der Waals surface area contributed by atoms with Gasteiger partial charge < -0.3 is 35.4 Å². The zero-order valence-corrected chi connectivity index (χ0v) is 60.3. The maximum Gasteiger partial charge on any atom is 0.335 e. The number of piperidine rings is 4. The van der Waals surface area contributed by atoms with Gasteiger partial charge in [0.05, 0.1) is 62.2 Å². The summed E-state index contributed by atoms with van der Waals surface area (Å²) in [4.78, 5) is 140. The zero-order valence-electron chi connectivity index (χ0n) is 58.7. The Morgan fingerprint density at radius 3 is 1.31 bits per heavy atom. The lowest BCUT2D eigenvalue weighted by Gasteiger charge is -2.37. The molecule has 4 saturated heterocycles. The Hall–Kier alpha value is -10.5. The number of anilines is 2. The van der Waals surface area contributed by atoms with Gasteiger partial charge in [-0.1, -0.05) is 29.3 Å². The number of hydrogen-bond acceptors (Lipinski definition) is 18. The normalized spacial score (nSPS) is 23.1. The van der Waals surface area contributed by atoms with Gasteiger partial charge in [0, 0.05) is 112 Å².